The monoisotopic (exact) mass is 328 g/mol. The predicted octanol–water partition coefficient (Wildman–Crippen LogP) is 1.62. The van der Waals surface area contributed by atoms with E-state index >= 15 is 0 Å². The summed E-state index contributed by atoms with van der Waals surface area (Å²) in [5, 5.41) is 2.31. The standard InChI is InChI=1S/C18H20N2O4/c1-10-6-13(7-10)24-12-3-2-11-9-20(18(23)14(11)8-12)15-4-5-16(21)19-17(15)22/h2-3,8,10,13,15H,4-7,9H2,1H3,(H,19,21,22). The Kier molecular flexibility index (Phi) is 3.55. The lowest BCUT2D eigenvalue weighted by atomic mass is 9.84. The van der Waals surface area contributed by atoms with E-state index in [0.29, 0.717) is 30.2 Å². The molecule has 1 N–H and O–H groups in total. The molecule has 2 heterocycles. The number of rotatable bonds is 3. The molecule has 2 aliphatic heterocycles. The fourth-order valence-electron chi connectivity index (χ4n) is 3.72. The van der Waals surface area contributed by atoms with Gasteiger partial charge in [0.1, 0.15) is 11.8 Å². The second kappa shape index (κ2) is 5.61. The third-order valence-electron chi connectivity index (χ3n) is 5.13. The maximum absolute atomic E-state index is 12.7. The van der Waals surface area contributed by atoms with Gasteiger partial charge < -0.3 is 9.64 Å². The molecule has 0 aromatic heterocycles. The van der Waals surface area contributed by atoms with E-state index in [9.17, 15) is 14.4 Å². The molecule has 4 rings (SSSR count). The molecule has 126 valence electrons. The number of ether oxygens (including phenoxy) is 1. The smallest absolute Gasteiger partial charge is 0.255 e. The lowest BCUT2D eigenvalue weighted by molar-refractivity contribution is -0.136. The highest BCUT2D eigenvalue weighted by atomic mass is 16.5. The van der Waals surface area contributed by atoms with Crippen molar-refractivity contribution in [3.8, 4) is 5.75 Å². The Bertz CT molecular complexity index is 724. The summed E-state index contributed by atoms with van der Waals surface area (Å²) in [6.45, 7) is 2.60. The second-order valence-corrected chi connectivity index (χ2v) is 7.04. The van der Waals surface area contributed by atoms with Crippen molar-refractivity contribution < 1.29 is 19.1 Å². The summed E-state index contributed by atoms with van der Waals surface area (Å²) in [5.74, 6) is 0.600. The first kappa shape index (κ1) is 15.2. The molecule has 1 aromatic rings. The fourth-order valence-corrected chi connectivity index (χ4v) is 3.72. The van der Waals surface area contributed by atoms with Crippen LogP contribution in [0.25, 0.3) is 0 Å². The van der Waals surface area contributed by atoms with E-state index in [1.807, 2.05) is 12.1 Å². The Morgan fingerprint density at radius 2 is 2.00 bits per heavy atom. The number of hydrogen-bond acceptors (Lipinski definition) is 4. The molecular weight excluding hydrogens is 308 g/mol. The molecule has 1 aliphatic carbocycles. The van der Waals surface area contributed by atoms with Crippen LogP contribution >= 0.6 is 0 Å². The molecule has 1 atom stereocenters. The van der Waals surface area contributed by atoms with Crippen molar-refractivity contribution in [1.82, 2.24) is 10.2 Å². The van der Waals surface area contributed by atoms with Gasteiger partial charge in [0.25, 0.3) is 5.91 Å². The van der Waals surface area contributed by atoms with E-state index in [1.54, 1.807) is 11.0 Å². The molecule has 6 nitrogen and oxygen atoms in total. The molecule has 1 saturated carbocycles. The van der Waals surface area contributed by atoms with Crippen LogP contribution in [0.15, 0.2) is 18.2 Å². The van der Waals surface area contributed by atoms with Crippen molar-refractivity contribution in [3.05, 3.63) is 29.3 Å². The minimum Gasteiger partial charge on any atom is -0.490 e. The van der Waals surface area contributed by atoms with Crippen LogP contribution in [0.5, 0.6) is 5.75 Å². The molecule has 0 spiro atoms. The van der Waals surface area contributed by atoms with Gasteiger partial charge in [-0.3, -0.25) is 19.7 Å². The number of nitrogens with one attached hydrogen (secondary N) is 1. The van der Waals surface area contributed by atoms with Crippen molar-refractivity contribution in [1.29, 1.82) is 0 Å². The number of imide groups is 1. The Morgan fingerprint density at radius 3 is 2.71 bits per heavy atom. The average molecular weight is 328 g/mol. The van der Waals surface area contributed by atoms with E-state index < -0.39 is 6.04 Å². The summed E-state index contributed by atoms with van der Waals surface area (Å²) in [5.41, 5.74) is 1.50. The minimum absolute atomic E-state index is 0.160. The van der Waals surface area contributed by atoms with Crippen molar-refractivity contribution in [2.75, 3.05) is 0 Å². The number of carbonyl (C=O) groups excluding carboxylic acids is 3. The molecular formula is C18H20N2O4. The summed E-state index contributed by atoms with van der Waals surface area (Å²) < 4.78 is 5.92. The van der Waals surface area contributed by atoms with Crippen LogP contribution in [-0.2, 0) is 16.1 Å². The highest BCUT2D eigenvalue weighted by Gasteiger charge is 2.39. The van der Waals surface area contributed by atoms with Gasteiger partial charge in [-0.1, -0.05) is 13.0 Å². The lowest BCUT2D eigenvalue weighted by Crippen LogP contribution is -2.52. The SMILES string of the molecule is CC1CC(Oc2ccc3c(c2)C(=O)N(C2CCC(=O)NC2=O)C3)C1. The Hall–Kier alpha value is -2.37. The summed E-state index contributed by atoms with van der Waals surface area (Å²) in [7, 11) is 0. The van der Waals surface area contributed by atoms with Gasteiger partial charge in [0.2, 0.25) is 11.8 Å². The number of carbonyl (C=O) groups is 3. The lowest BCUT2D eigenvalue weighted by Gasteiger charge is -2.32. The van der Waals surface area contributed by atoms with Crippen LogP contribution in [0, 0.1) is 5.92 Å². The van der Waals surface area contributed by atoms with Gasteiger partial charge in [0, 0.05) is 18.5 Å². The third kappa shape index (κ3) is 2.56. The molecule has 3 aliphatic rings. The minimum atomic E-state index is -0.570. The number of piperidine rings is 1. The summed E-state index contributed by atoms with van der Waals surface area (Å²) in [6, 6.07) is 5.01. The van der Waals surface area contributed by atoms with Crippen molar-refractivity contribution >= 4 is 17.7 Å². The number of amides is 3. The van der Waals surface area contributed by atoms with E-state index in [-0.39, 0.29) is 30.2 Å². The summed E-state index contributed by atoms with van der Waals surface area (Å²) in [6.07, 6.45) is 2.99. The molecule has 1 unspecified atom stereocenters. The number of hydrogen-bond donors (Lipinski definition) is 1. The molecule has 3 amide bonds. The topological polar surface area (TPSA) is 75.7 Å². The van der Waals surface area contributed by atoms with Gasteiger partial charge in [-0.25, -0.2) is 0 Å². The zero-order valence-corrected chi connectivity index (χ0v) is 13.6. The first-order valence-electron chi connectivity index (χ1n) is 8.45. The zero-order valence-electron chi connectivity index (χ0n) is 13.6. The van der Waals surface area contributed by atoms with Gasteiger partial charge in [-0.2, -0.15) is 0 Å². The van der Waals surface area contributed by atoms with Crippen LogP contribution in [-0.4, -0.2) is 34.8 Å². The number of benzene rings is 1. The first-order valence-corrected chi connectivity index (χ1v) is 8.45. The Balaban J connectivity index is 1.50. The van der Waals surface area contributed by atoms with E-state index in [1.165, 1.54) is 0 Å². The molecule has 1 saturated heterocycles. The molecule has 24 heavy (non-hydrogen) atoms. The van der Waals surface area contributed by atoms with Crippen LogP contribution in [0.2, 0.25) is 0 Å². The quantitative estimate of drug-likeness (QED) is 0.856. The van der Waals surface area contributed by atoms with Crippen LogP contribution < -0.4 is 10.1 Å². The third-order valence-corrected chi connectivity index (χ3v) is 5.13. The van der Waals surface area contributed by atoms with E-state index in [4.69, 9.17) is 4.74 Å². The second-order valence-electron chi connectivity index (χ2n) is 7.04. The number of fused-ring (bicyclic) bond motifs is 1. The number of nitrogens with zero attached hydrogens (tertiary/aromatic N) is 1. The molecule has 1 aromatic carbocycles. The summed E-state index contributed by atoms with van der Waals surface area (Å²) in [4.78, 5) is 37.6. The predicted molar refractivity (Wildman–Crippen MR) is 85.3 cm³/mol. The fraction of sp³-hybridized carbons (Fsp3) is 0.500. The maximum Gasteiger partial charge on any atom is 0.255 e. The first-order chi connectivity index (χ1) is 11.5. The largest absolute Gasteiger partial charge is 0.490 e. The van der Waals surface area contributed by atoms with E-state index in [0.717, 1.165) is 18.4 Å². The summed E-state index contributed by atoms with van der Waals surface area (Å²) >= 11 is 0. The van der Waals surface area contributed by atoms with Crippen molar-refractivity contribution in [2.24, 2.45) is 5.92 Å². The Morgan fingerprint density at radius 1 is 1.21 bits per heavy atom. The highest BCUT2D eigenvalue weighted by molar-refractivity contribution is 6.05. The van der Waals surface area contributed by atoms with Crippen molar-refractivity contribution in [2.45, 2.75) is 51.3 Å². The van der Waals surface area contributed by atoms with Gasteiger partial charge in [-0.05, 0) is 42.9 Å². The normalized spacial score (nSPS) is 29.1. The van der Waals surface area contributed by atoms with Crippen molar-refractivity contribution in [3.63, 3.8) is 0 Å². The van der Waals surface area contributed by atoms with Gasteiger partial charge >= 0.3 is 0 Å². The van der Waals surface area contributed by atoms with E-state index in [2.05, 4.69) is 12.2 Å². The van der Waals surface area contributed by atoms with Crippen LogP contribution in [0.1, 0.15) is 48.5 Å². The molecule has 0 radical (unpaired) electrons. The average Bonchev–Trinajstić information content (AvgIpc) is 2.83. The van der Waals surface area contributed by atoms with Gasteiger partial charge in [-0.15, -0.1) is 0 Å². The molecule has 0 bridgehead atoms. The maximum atomic E-state index is 12.7. The Labute approximate surface area is 140 Å². The molecule has 6 heteroatoms. The van der Waals surface area contributed by atoms with Gasteiger partial charge in [0.05, 0.1) is 6.10 Å². The van der Waals surface area contributed by atoms with Crippen LogP contribution in [0.3, 0.4) is 0 Å². The molecule has 2 fully saturated rings. The zero-order chi connectivity index (χ0) is 16.8. The van der Waals surface area contributed by atoms with Crippen LogP contribution in [0.4, 0.5) is 0 Å². The van der Waals surface area contributed by atoms with Gasteiger partial charge in [0.15, 0.2) is 0 Å². The highest BCUT2D eigenvalue weighted by Crippen LogP contribution is 2.34.